The molecule has 3 aromatic rings. The SMILES string of the molecule is COc1cc(/C=N\NC(=O)c2ccc(C#N)cc2F)c(Br)cc1OCc1ccc(Br)cc1. The highest BCUT2D eigenvalue weighted by Crippen LogP contribution is 2.33. The maximum absolute atomic E-state index is 14.0. The summed E-state index contributed by atoms with van der Waals surface area (Å²) in [7, 11) is 1.52. The van der Waals surface area contributed by atoms with Gasteiger partial charge < -0.3 is 9.47 Å². The van der Waals surface area contributed by atoms with Crippen molar-refractivity contribution in [2.45, 2.75) is 6.61 Å². The molecule has 0 saturated carbocycles. The Hall–Kier alpha value is -3.22. The molecule has 1 N–H and O–H groups in total. The van der Waals surface area contributed by atoms with Gasteiger partial charge in [0.2, 0.25) is 0 Å². The Balaban J connectivity index is 1.70. The predicted molar refractivity (Wildman–Crippen MR) is 125 cm³/mol. The van der Waals surface area contributed by atoms with Gasteiger partial charge in [-0.15, -0.1) is 0 Å². The summed E-state index contributed by atoms with van der Waals surface area (Å²) in [6.07, 6.45) is 1.39. The molecular formula is C23H16Br2FN3O3. The number of halogens is 3. The second-order valence-electron chi connectivity index (χ2n) is 6.45. The molecule has 0 unspecified atom stereocenters. The third-order valence-electron chi connectivity index (χ3n) is 4.30. The summed E-state index contributed by atoms with van der Waals surface area (Å²) in [4.78, 5) is 12.2. The molecule has 0 spiro atoms. The molecule has 0 radical (unpaired) electrons. The number of hydrazone groups is 1. The van der Waals surface area contributed by atoms with Gasteiger partial charge in [0.15, 0.2) is 11.5 Å². The molecule has 0 aliphatic carbocycles. The number of carbonyl (C=O) groups is 1. The van der Waals surface area contributed by atoms with Crippen molar-refractivity contribution in [2.75, 3.05) is 7.11 Å². The van der Waals surface area contributed by atoms with Crippen molar-refractivity contribution >= 4 is 44.0 Å². The Kier molecular flexibility index (Phi) is 7.98. The molecule has 3 rings (SSSR count). The van der Waals surface area contributed by atoms with E-state index >= 15 is 0 Å². The molecule has 0 fully saturated rings. The van der Waals surface area contributed by atoms with E-state index in [4.69, 9.17) is 14.7 Å². The molecule has 6 nitrogen and oxygen atoms in total. The van der Waals surface area contributed by atoms with Crippen LogP contribution in [-0.2, 0) is 6.61 Å². The molecule has 0 saturated heterocycles. The van der Waals surface area contributed by atoms with E-state index in [1.807, 2.05) is 30.3 Å². The Morgan fingerprint density at radius 3 is 2.56 bits per heavy atom. The number of nitrogens with one attached hydrogen (secondary N) is 1. The van der Waals surface area contributed by atoms with E-state index in [0.29, 0.717) is 28.1 Å². The number of nitrogens with zero attached hydrogens (tertiary/aromatic N) is 2. The average Bonchev–Trinajstić information content (AvgIpc) is 2.79. The lowest BCUT2D eigenvalue weighted by Crippen LogP contribution is -2.19. The third kappa shape index (κ3) is 5.93. The van der Waals surface area contributed by atoms with Gasteiger partial charge in [-0.3, -0.25) is 4.79 Å². The number of benzene rings is 3. The van der Waals surface area contributed by atoms with Crippen molar-refractivity contribution in [3.63, 3.8) is 0 Å². The third-order valence-corrected chi connectivity index (χ3v) is 5.52. The van der Waals surface area contributed by atoms with Crippen molar-refractivity contribution in [1.82, 2.24) is 5.43 Å². The summed E-state index contributed by atoms with van der Waals surface area (Å²) in [5, 5.41) is 12.7. The Morgan fingerprint density at radius 1 is 1.16 bits per heavy atom. The van der Waals surface area contributed by atoms with E-state index in [1.165, 1.54) is 25.5 Å². The number of carbonyl (C=O) groups excluding carboxylic acids is 1. The number of hydrogen-bond acceptors (Lipinski definition) is 5. The summed E-state index contributed by atoms with van der Waals surface area (Å²) in [5.41, 5.74) is 3.78. The van der Waals surface area contributed by atoms with E-state index in [1.54, 1.807) is 12.1 Å². The van der Waals surface area contributed by atoms with Gasteiger partial charge >= 0.3 is 0 Å². The van der Waals surface area contributed by atoms with Crippen LogP contribution in [0, 0.1) is 17.1 Å². The normalized spacial score (nSPS) is 10.6. The minimum absolute atomic E-state index is 0.126. The second kappa shape index (κ2) is 10.9. The fourth-order valence-corrected chi connectivity index (χ4v) is 3.34. The van der Waals surface area contributed by atoms with Crippen molar-refractivity contribution < 1.29 is 18.7 Å². The molecule has 0 bridgehead atoms. The largest absolute Gasteiger partial charge is 0.493 e. The highest BCUT2D eigenvalue weighted by atomic mass is 79.9. The average molecular weight is 561 g/mol. The van der Waals surface area contributed by atoms with Crippen LogP contribution < -0.4 is 14.9 Å². The smallest absolute Gasteiger partial charge is 0.274 e. The van der Waals surface area contributed by atoms with E-state index in [-0.39, 0.29) is 11.1 Å². The summed E-state index contributed by atoms with van der Waals surface area (Å²) in [5.74, 6) is -0.521. The van der Waals surface area contributed by atoms with Crippen molar-refractivity contribution in [2.24, 2.45) is 5.10 Å². The van der Waals surface area contributed by atoms with Crippen LogP contribution in [0.4, 0.5) is 4.39 Å². The van der Waals surface area contributed by atoms with Gasteiger partial charge in [-0.05, 0) is 64.0 Å². The quantitative estimate of drug-likeness (QED) is 0.302. The van der Waals surface area contributed by atoms with Gasteiger partial charge in [-0.1, -0.05) is 28.1 Å². The molecular weight excluding hydrogens is 545 g/mol. The van der Waals surface area contributed by atoms with Crippen LogP contribution in [0.2, 0.25) is 0 Å². The fraction of sp³-hybridized carbons (Fsp3) is 0.0870. The Labute approximate surface area is 200 Å². The minimum atomic E-state index is -0.799. The van der Waals surface area contributed by atoms with Crippen LogP contribution in [0.1, 0.15) is 27.0 Å². The molecule has 0 aromatic heterocycles. The molecule has 0 aliphatic rings. The van der Waals surface area contributed by atoms with Crippen LogP contribution >= 0.6 is 31.9 Å². The maximum Gasteiger partial charge on any atom is 0.274 e. The van der Waals surface area contributed by atoms with E-state index in [0.717, 1.165) is 16.1 Å². The van der Waals surface area contributed by atoms with Crippen LogP contribution in [-0.4, -0.2) is 19.2 Å². The molecule has 162 valence electrons. The Morgan fingerprint density at radius 2 is 1.91 bits per heavy atom. The zero-order valence-electron chi connectivity index (χ0n) is 16.7. The van der Waals surface area contributed by atoms with Gasteiger partial charge in [0, 0.05) is 14.5 Å². The van der Waals surface area contributed by atoms with E-state index in [2.05, 4.69) is 42.4 Å². The summed E-state index contributed by atoms with van der Waals surface area (Å²) >= 11 is 6.85. The predicted octanol–water partition coefficient (Wildman–Crippen LogP) is 5.57. The van der Waals surface area contributed by atoms with Crippen molar-refractivity contribution in [3.8, 4) is 17.6 Å². The lowest BCUT2D eigenvalue weighted by molar-refractivity contribution is 0.0951. The summed E-state index contributed by atoms with van der Waals surface area (Å²) in [6.45, 7) is 0.357. The number of amides is 1. The van der Waals surface area contributed by atoms with Gasteiger partial charge in [0.25, 0.3) is 5.91 Å². The lowest BCUT2D eigenvalue weighted by Gasteiger charge is -2.13. The zero-order valence-corrected chi connectivity index (χ0v) is 19.9. The van der Waals surface area contributed by atoms with Gasteiger partial charge in [-0.25, -0.2) is 9.82 Å². The maximum atomic E-state index is 14.0. The second-order valence-corrected chi connectivity index (χ2v) is 8.22. The van der Waals surface area contributed by atoms with E-state index in [9.17, 15) is 9.18 Å². The van der Waals surface area contributed by atoms with Gasteiger partial charge in [0.1, 0.15) is 12.4 Å². The van der Waals surface area contributed by atoms with Gasteiger partial charge in [-0.2, -0.15) is 10.4 Å². The highest BCUT2D eigenvalue weighted by molar-refractivity contribution is 9.10. The summed E-state index contributed by atoms with van der Waals surface area (Å²) < 4.78 is 26.9. The molecule has 9 heteroatoms. The monoisotopic (exact) mass is 559 g/mol. The highest BCUT2D eigenvalue weighted by Gasteiger charge is 2.13. The molecule has 3 aromatic carbocycles. The van der Waals surface area contributed by atoms with Gasteiger partial charge in [0.05, 0.1) is 30.5 Å². The zero-order chi connectivity index (χ0) is 23.1. The van der Waals surface area contributed by atoms with Crippen LogP contribution in [0.5, 0.6) is 11.5 Å². The number of rotatable bonds is 7. The minimum Gasteiger partial charge on any atom is -0.493 e. The first-order valence-electron chi connectivity index (χ1n) is 9.19. The number of hydrogen-bond donors (Lipinski definition) is 1. The number of nitriles is 1. The molecule has 0 heterocycles. The first-order valence-corrected chi connectivity index (χ1v) is 10.8. The standard InChI is InChI=1S/C23H16Br2FN3O3/c1-31-21-9-16(12-28-29-23(30)18-7-4-15(11-27)8-20(18)26)19(25)10-22(21)32-13-14-2-5-17(24)6-3-14/h2-10,12H,13H2,1H3,(H,29,30)/b28-12-. The van der Waals surface area contributed by atoms with Crippen molar-refractivity contribution in [3.05, 3.63) is 91.6 Å². The molecule has 32 heavy (non-hydrogen) atoms. The topological polar surface area (TPSA) is 83.7 Å². The molecule has 1 amide bonds. The first kappa shape index (κ1) is 23.4. The first-order chi connectivity index (χ1) is 15.4. The molecule has 0 aliphatic heterocycles. The Bertz CT molecular complexity index is 1210. The van der Waals surface area contributed by atoms with Crippen molar-refractivity contribution in [1.29, 1.82) is 5.26 Å². The van der Waals surface area contributed by atoms with Crippen LogP contribution in [0.15, 0.2) is 68.6 Å². The summed E-state index contributed by atoms with van der Waals surface area (Å²) in [6, 6.07) is 16.6. The number of ether oxygens (including phenoxy) is 2. The van der Waals surface area contributed by atoms with Crippen LogP contribution in [0.3, 0.4) is 0 Å². The van der Waals surface area contributed by atoms with E-state index < -0.39 is 11.7 Å². The molecule has 0 atom stereocenters. The fourth-order valence-electron chi connectivity index (χ4n) is 2.65. The van der Waals surface area contributed by atoms with Crippen LogP contribution in [0.25, 0.3) is 0 Å². The lowest BCUT2D eigenvalue weighted by atomic mass is 10.1. The number of methoxy groups -OCH3 is 1.